The van der Waals surface area contributed by atoms with Crippen LogP contribution in [0.1, 0.15) is 64.7 Å². The Balaban J connectivity index is 1.54. The number of ether oxygens (including phenoxy) is 1. The van der Waals surface area contributed by atoms with Crippen LogP contribution in [0.3, 0.4) is 0 Å². The lowest BCUT2D eigenvalue weighted by Gasteiger charge is -2.65. The molecule has 130 valence electrons. The number of nitrogens with zero attached hydrogens (tertiary/aromatic N) is 1. The van der Waals surface area contributed by atoms with E-state index in [-0.39, 0.29) is 17.0 Å². The highest BCUT2D eigenvalue weighted by atomic mass is 16.6. The van der Waals surface area contributed by atoms with Crippen molar-refractivity contribution in [2.75, 3.05) is 6.54 Å². The van der Waals surface area contributed by atoms with Crippen LogP contribution in [0.15, 0.2) is 11.6 Å². The van der Waals surface area contributed by atoms with Crippen LogP contribution < -0.4 is 0 Å². The first-order valence-corrected chi connectivity index (χ1v) is 10.3. The van der Waals surface area contributed by atoms with E-state index in [9.17, 15) is 4.79 Å². The molecule has 3 heteroatoms. The van der Waals surface area contributed by atoms with Gasteiger partial charge in [0.25, 0.3) is 0 Å². The molecule has 0 aromatic heterocycles. The Morgan fingerprint density at radius 2 is 2.08 bits per heavy atom. The molecule has 3 aliphatic carbocycles. The average Bonchev–Trinajstić information content (AvgIpc) is 3.27. The van der Waals surface area contributed by atoms with Crippen LogP contribution >= 0.6 is 0 Å². The minimum Gasteiger partial charge on any atom is -0.458 e. The van der Waals surface area contributed by atoms with Crippen molar-refractivity contribution in [3.8, 4) is 0 Å². The fourth-order valence-corrected chi connectivity index (χ4v) is 8.31. The summed E-state index contributed by atoms with van der Waals surface area (Å²) in [6, 6.07) is 1.25. The molecule has 24 heavy (non-hydrogen) atoms. The summed E-state index contributed by atoms with van der Waals surface area (Å²) in [5.41, 5.74) is 1.76. The second kappa shape index (κ2) is 4.47. The topological polar surface area (TPSA) is 29.5 Å². The normalized spacial score (nSPS) is 55.3. The van der Waals surface area contributed by atoms with Crippen molar-refractivity contribution < 1.29 is 9.53 Å². The molecule has 3 saturated heterocycles. The van der Waals surface area contributed by atoms with Gasteiger partial charge in [0.2, 0.25) is 0 Å². The summed E-state index contributed by atoms with van der Waals surface area (Å²) in [4.78, 5) is 15.3. The van der Waals surface area contributed by atoms with E-state index in [2.05, 4.69) is 17.9 Å². The van der Waals surface area contributed by atoms with Gasteiger partial charge >= 0.3 is 5.97 Å². The van der Waals surface area contributed by atoms with Gasteiger partial charge in [0.05, 0.1) is 0 Å². The first kappa shape index (κ1) is 14.4. The third-order valence-electron chi connectivity index (χ3n) is 9.16. The van der Waals surface area contributed by atoms with E-state index in [1.165, 1.54) is 51.5 Å². The molecule has 0 N–H and O–H groups in total. The van der Waals surface area contributed by atoms with E-state index in [0.717, 1.165) is 18.3 Å². The van der Waals surface area contributed by atoms with Gasteiger partial charge in [-0.3, -0.25) is 9.69 Å². The second-order valence-electron chi connectivity index (χ2n) is 9.61. The molecule has 0 aromatic carbocycles. The van der Waals surface area contributed by atoms with Crippen LogP contribution in [0.4, 0.5) is 0 Å². The van der Waals surface area contributed by atoms with E-state index in [1.807, 2.05) is 0 Å². The summed E-state index contributed by atoms with van der Waals surface area (Å²) in [5.74, 6) is 2.27. The molecule has 3 aliphatic heterocycles. The zero-order chi connectivity index (χ0) is 16.1. The number of rotatable bonds is 0. The van der Waals surface area contributed by atoms with Gasteiger partial charge in [-0.1, -0.05) is 11.6 Å². The number of carbonyl (C=O) groups excluding carboxylic acids is 1. The van der Waals surface area contributed by atoms with Crippen LogP contribution in [-0.2, 0) is 9.53 Å². The van der Waals surface area contributed by atoms with E-state index in [4.69, 9.17) is 4.74 Å². The molecule has 0 radical (unpaired) electrons. The summed E-state index contributed by atoms with van der Waals surface area (Å²) in [7, 11) is 0. The molecule has 1 spiro atoms. The quantitative estimate of drug-likeness (QED) is 0.502. The Morgan fingerprint density at radius 3 is 3.00 bits per heavy atom. The van der Waals surface area contributed by atoms with Crippen molar-refractivity contribution >= 4 is 5.97 Å². The van der Waals surface area contributed by atoms with Gasteiger partial charge in [-0.25, -0.2) is 0 Å². The highest BCUT2D eigenvalue weighted by Crippen LogP contribution is 2.68. The molecule has 3 heterocycles. The predicted octanol–water partition coefficient (Wildman–Crippen LogP) is 3.68. The molecule has 6 rings (SSSR count). The molecular formula is C21H29NO2. The molecule has 0 bridgehead atoms. The van der Waals surface area contributed by atoms with Crippen molar-refractivity contribution in [1.29, 1.82) is 0 Å². The van der Waals surface area contributed by atoms with Gasteiger partial charge in [-0.15, -0.1) is 0 Å². The van der Waals surface area contributed by atoms with Gasteiger partial charge in [-0.2, -0.15) is 0 Å². The number of hydrogen-bond donors (Lipinski definition) is 0. The maximum Gasteiger partial charge on any atom is 0.306 e. The van der Waals surface area contributed by atoms with Gasteiger partial charge in [0.15, 0.2) is 0 Å². The fraction of sp³-hybridized carbons (Fsp3) is 0.857. The van der Waals surface area contributed by atoms with Crippen molar-refractivity contribution in [1.82, 2.24) is 4.90 Å². The van der Waals surface area contributed by atoms with Gasteiger partial charge in [0.1, 0.15) is 5.60 Å². The number of fused-ring (bicyclic) bond motifs is 5. The fourth-order valence-electron chi connectivity index (χ4n) is 8.31. The second-order valence-corrected chi connectivity index (χ2v) is 9.61. The maximum atomic E-state index is 12.3. The Bertz CT molecular complexity index is 642. The van der Waals surface area contributed by atoms with Crippen molar-refractivity contribution in [2.24, 2.45) is 23.2 Å². The van der Waals surface area contributed by atoms with Crippen molar-refractivity contribution in [3.63, 3.8) is 0 Å². The smallest absolute Gasteiger partial charge is 0.306 e. The number of esters is 1. The highest BCUT2D eigenvalue weighted by Gasteiger charge is 2.73. The van der Waals surface area contributed by atoms with Crippen LogP contribution in [0.5, 0.6) is 0 Å². The Labute approximate surface area is 144 Å². The summed E-state index contributed by atoms with van der Waals surface area (Å²) < 4.78 is 6.33. The lowest BCUT2D eigenvalue weighted by Crippen LogP contribution is -2.73. The summed E-state index contributed by atoms with van der Waals surface area (Å²) in [5, 5.41) is 0. The lowest BCUT2D eigenvalue weighted by molar-refractivity contribution is -0.242. The number of hydrogen-bond acceptors (Lipinski definition) is 3. The lowest BCUT2D eigenvalue weighted by atomic mass is 9.52. The summed E-state index contributed by atoms with van der Waals surface area (Å²) in [6.45, 7) is 3.63. The zero-order valence-electron chi connectivity index (χ0n) is 14.8. The van der Waals surface area contributed by atoms with E-state index in [1.54, 1.807) is 5.57 Å². The Hall–Kier alpha value is -0.830. The first-order valence-electron chi connectivity index (χ1n) is 10.3. The minimum atomic E-state index is -0.221. The van der Waals surface area contributed by atoms with Gasteiger partial charge in [0, 0.05) is 29.8 Å². The van der Waals surface area contributed by atoms with Gasteiger partial charge in [-0.05, 0) is 76.7 Å². The zero-order valence-corrected chi connectivity index (χ0v) is 14.8. The van der Waals surface area contributed by atoms with Crippen molar-refractivity contribution in [3.05, 3.63) is 11.6 Å². The monoisotopic (exact) mass is 327 g/mol. The third-order valence-corrected chi connectivity index (χ3v) is 9.16. The molecule has 0 amide bonds. The van der Waals surface area contributed by atoms with Crippen LogP contribution in [0, 0.1) is 23.2 Å². The van der Waals surface area contributed by atoms with Crippen LogP contribution in [0.2, 0.25) is 0 Å². The number of carbonyl (C=O) groups is 1. The van der Waals surface area contributed by atoms with E-state index >= 15 is 0 Å². The van der Waals surface area contributed by atoms with Crippen LogP contribution in [0.25, 0.3) is 0 Å². The SMILES string of the molecule is CC12OC(=O)CC[C@]13CC[C@@H]1CCN([C@@H]13)[C@H]1C3=CCC[C@@H]3CC[C@H]12. The summed E-state index contributed by atoms with van der Waals surface area (Å²) >= 11 is 0. The Morgan fingerprint density at radius 1 is 1.17 bits per heavy atom. The summed E-state index contributed by atoms with van der Waals surface area (Å²) in [6.07, 6.45) is 13.5. The van der Waals surface area contributed by atoms with E-state index < -0.39 is 0 Å². The number of piperidine rings is 1. The molecule has 6 aliphatic rings. The number of allylic oxidation sites excluding steroid dienone is 1. The molecule has 3 nitrogen and oxygen atoms in total. The van der Waals surface area contributed by atoms with Crippen LogP contribution in [-0.4, -0.2) is 35.1 Å². The average molecular weight is 327 g/mol. The highest BCUT2D eigenvalue weighted by molar-refractivity contribution is 5.71. The van der Waals surface area contributed by atoms with E-state index in [0.29, 0.717) is 24.4 Å². The molecule has 2 saturated carbocycles. The third kappa shape index (κ3) is 1.45. The molecular weight excluding hydrogens is 298 g/mol. The Kier molecular flexibility index (Phi) is 2.67. The largest absolute Gasteiger partial charge is 0.458 e. The standard InChI is InChI=1S/C21H29NO2/c1-20-16-6-5-13-3-2-4-15(13)18(16)22-12-9-14-7-10-21(20,19(14)22)11-8-17(23)24-20/h4,13-14,16,18-19H,2-3,5-12H2,1H3/t13-,14-,16-,18+,19+,20?,21+/m1/s1. The molecule has 1 unspecified atom stereocenters. The van der Waals surface area contributed by atoms with Crippen molar-refractivity contribution in [2.45, 2.75) is 82.4 Å². The first-order chi connectivity index (χ1) is 11.6. The van der Waals surface area contributed by atoms with Gasteiger partial charge < -0.3 is 4.74 Å². The molecule has 5 fully saturated rings. The molecule has 7 atom stereocenters. The molecule has 0 aromatic rings. The minimum absolute atomic E-state index is 0.0688. The maximum absolute atomic E-state index is 12.3. The predicted molar refractivity (Wildman–Crippen MR) is 91.3 cm³/mol.